The van der Waals surface area contributed by atoms with E-state index in [0.717, 1.165) is 41.2 Å². The second-order valence-electron chi connectivity index (χ2n) is 4.54. The van der Waals surface area contributed by atoms with Crippen molar-refractivity contribution in [3.63, 3.8) is 0 Å². The number of hydrogen-bond donors (Lipinski definition) is 2. The summed E-state index contributed by atoms with van der Waals surface area (Å²) in [4.78, 5) is 16.0. The standard InChI is InChI=1S/C14H18ClN3OS/c1-2-3-4-7-16-13(19)9-17-14-18-11-6-5-10(15)8-12(11)20-14/h5-6,8H,2-4,7,9H2,1H3,(H,16,19)(H,17,18). The zero-order valence-corrected chi connectivity index (χ0v) is 13.0. The molecule has 1 heterocycles. The zero-order valence-electron chi connectivity index (χ0n) is 11.4. The SMILES string of the molecule is CCCCCNC(=O)CNc1nc2ccc(Cl)cc2s1. The van der Waals surface area contributed by atoms with Gasteiger partial charge >= 0.3 is 0 Å². The van der Waals surface area contributed by atoms with Crippen molar-refractivity contribution < 1.29 is 4.79 Å². The molecule has 0 spiro atoms. The van der Waals surface area contributed by atoms with E-state index in [-0.39, 0.29) is 12.5 Å². The number of unbranched alkanes of at least 4 members (excludes halogenated alkanes) is 2. The molecule has 0 aliphatic carbocycles. The molecular weight excluding hydrogens is 294 g/mol. The summed E-state index contributed by atoms with van der Waals surface area (Å²) in [5.41, 5.74) is 0.894. The van der Waals surface area contributed by atoms with Gasteiger partial charge in [-0.15, -0.1) is 0 Å². The third-order valence-electron chi connectivity index (χ3n) is 2.85. The molecule has 20 heavy (non-hydrogen) atoms. The van der Waals surface area contributed by atoms with Gasteiger partial charge in [-0.2, -0.15) is 0 Å². The van der Waals surface area contributed by atoms with E-state index >= 15 is 0 Å². The van der Waals surface area contributed by atoms with Crippen molar-refractivity contribution in [3.05, 3.63) is 23.2 Å². The lowest BCUT2D eigenvalue weighted by molar-refractivity contribution is -0.119. The molecule has 2 aromatic rings. The number of nitrogens with one attached hydrogen (secondary N) is 2. The molecule has 108 valence electrons. The summed E-state index contributed by atoms with van der Waals surface area (Å²) < 4.78 is 1.02. The predicted octanol–water partition coefficient (Wildman–Crippen LogP) is 3.67. The van der Waals surface area contributed by atoms with Crippen LogP contribution in [-0.2, 0) is 4.79 Å². The Bertz CT molecular complexity index is 585. The Kier molecular flexibility index (Phi) is 5.61. The molecule has 6 heteroatoms. The van der Waals surface area contributed by atoms with Gasteiger partial charge in [-0.05, 0) is 24.6 Å². The van der Waals surface area contributed by atoms with Crippen molar-refractivity contribution in [3.8, 4) is 0 Å². The molecular formula is C14H18ClN3OS. The van der Waals surface area contributed by atoms with Crippen LogP contribution in [0.1, 0.15) is 26.2 Å². The highest BCUT2D eigenvalue weighted by Gasteiger charge is 2.06. The number of nitrogens with zero attached hydrogens (tertiary/aromatic N) is 1. The minimum atomic E-state index is -0.00149. The van der Waals surface area contributed by atoms with Gasteiger partial charge in [0.15, 0.2) is 5.13 Å². The first-order valence-electron chi connectivity index (χ1n) is 6.75. The number of halogens is 1. The second kappa shape index (κ2) is 7.45. The Morgan fingerprint density at radius 1 is 1.40 bits per heavy atom. The Morgan fingerprint density at radius 3 is 3.05 bits per heavy atom. The van der Waals surface area contributed by atoms with Crippen molar-refractivity contribution in [2.75, 3.05) is 18.4 Å². The van der Waals surface area contributed by atoms with Gasteiger partial charge in [-0.1, -0.05) is 42.7 Å². The van der Waals surface area contributed by atoms with E-state index in [2.05, 4.69) is 22.5 Å². The number of hydrogen-bond acceptors (Lipinski definition) is 4. The molecule has 0 radical (unpaired) electrons. The van der Waals surface area contributed by atoms with Gasteiger partial charge in [0.25, 0.3) is 0 Å². The summed E-state index contributed by atoms with van der Waals surface area (Å²) in [6.07, 6.45) is 3.33. The number of amides is 1. The van der Waals surface area contributed by atoms with Crippen molar-refractivity contribution in [2.24, 2.45) is 0 Å². The van der Waals surface area contributed by atoms with Crippen molar-refractivity contribution >= 4 is 44.2 Å². The lowest BCUT2D eigenvalue weighted by Crippen LogP contribution is -2.30. The van der Waals surface area contributed by atoms with Gasteiger partial charge < -0.3 is 10.6 Å². The topological polar surface area (TPSA) is 54.0 Å². The molecule has 0 aliphatic rings. The maximum Gasteiger partial charge on any atom is 0.239 e. The molecule has 1 amide bonds. The largest absolute Gasteiger partial charge is 0.355 e. The van der Waals surface area contributed by atoms with Crippen molar-refractivity contribution in [2.45, 2.75) is 26.2 Å². The summed E-state index contributed by atoms with van der Waals surface area (Å²) in [5, 5.41) is 7.37. The van der Waals surface area contributed by atoms with Crippen LogP contribution in [-0.4, -0.2) is 24.0 Å². The highest BCUT2D eigenvalue weighted by atomic mass is 35.5. The highest BCUT2D eigenvalue weighted by molar-refractivity contribution is 7.22. The molecule has 0 fully saturated rings. The smallest absolute Gasteiger partial charge is 0.239 e. The molecule has 0 unspecified atom stereocenters. The molecule has 1 aromatic heterocycles. The number of aromatic nitrogens is 1. The maximum atomic E-state index is 11.6. The summed E-state index contributed by atoms with van der Waals surface area (Å²) in [7, 11) is 0. The van der Waals surface area contributed by atoms with Crippen LogP contribution in [0.25, 0.3) is 10.2 Å². The minimum absolute atomic E-state index is 0.00149. The lowest BCUT2D eigenvalue weighted by atomic mass is 10.2. The molecule has 0 atom stereocenters. The minimum Gasteiger partial charge on any atom is -0.355 e. The molecule has 0 saturated carbocycles. The van der Waals surface area contributed by atoms with Crippen molar-refractivity contribution in [1.82, 2.24) is 10.3 Å². The Balaban J connectivity index is 1.81. The van der Waals surface area contributed by atoms with Crippen LogP contribution < -0.4 is 10.6 Å². The number of rotatable bonds is 7. The maximum absolute atomic E-state index is 11.6. The van der Waals surface area contributed by atoms with E-state index in [9.17, 15) is 4.79 Å². The van der Waals surface area contributed by atoms with E-state index < -0.39 is 0 Å². The Hall–Kier alpha value is -1.33. The molecule has 4 nitrogen and oxygen atoms in total. The zero-order chi connectivity index (χ0) is 14.4. The summed E-state index contributed by atoms with van der Waals surface area (Å²) in [6.45, 7) is 3.13. The normalized spacial score (nSPS) is 10.7. The number of carbonyl (C=O) groups excluding carboxylic acids is 1. The number of carbonyl (C=O) groups is 1. The van der Waals surface area contributed by atoms with E-state index in [1.807, 2.05) is 18.2 Å². The fourth-order valence-electron chi connectivity index (χ4n) is 1.80. The lowest BCUT2D eigenvalue weighted by Gasteiger charge is -2.04. The van der Waals surface area contributed by atoms with Crippen LogP contribution >= 0.6 is 22.9 Å². The molecule has 2 rings (SSSR count). The van der Waals surface area contributed by atoms with Crippen LogP contribution in [0.4, 0.5) is 5.13 Å². The average molecular weight is 312 g/mol. The number of anilines is 1. The molecule has 1 aromatic carbocycles. The van der Waals surface area contributed by atoms with Gasteiger partial charge in [-0.3, -0.25) is 4.79 Å². The third kappa shape index (κ3) is 4.35. The third-order valence-corrected chi connectivity index (χ3v) is 4.06. The van der Waals surface area contributed by atoms with Gasteiger partial charge in [0.2, 0.25) is 5.91 Å². The quantitative estimate of drug-likeness (QED) is 0.767. The summed E-state index contributed by atoms with van der Waals surface area (Å²) >= 11 is 7.43. The fraction of sp³-hybridized carbons (Fsp3) is 0.429. The van der Waals surface area contributed by atoms with Crippen molar-refractivity contribution in [1.29, 1.82) is 0 Å². The van der Waals surface area contributed by atoms with Gasteiger partial charge in [0, 0.05) is 11.6 Å². The molecule has 2 N–H and O–H groups in total. The molecule has 0 bridgehead atoms. The molecule has 0 saturated heterocycles. The first kappa shape index (κ1) is 15.1. The number of thiazole rings is 1. The molecule has 0 aliphatic heterocycles. The number of benzene rings is 1. The van der Waals surface area contributed by atoms with Gasteiger partial charge in [0.05, 0.1) is 16.8 Å². The van der Waals surface area contributed by atoms with E-state index in [1.165, 1.54) is 11.3 Å². The first-order valence-corrected chi connectivity index (χ1v) is 7.95. The van der Waals surface area contributed by atoms with E-state index in [4.69, 9.17) is 11.6 Å². The van der Waals surface area contributed by atoms with Gasteiger partial charge in [0.1, 0.15) is 0 Å². The Labute approximate surface area is 127 Å². The average Bonchev–Trinajstić information content (AvgIpc) is 2.83. The first-order chi connectivity index (χ1) is 9.69. The van der Waals surface area contributed by atoms with Gasteiger partial charge in [-0.25, -0.2) is 4.98 Å². The summed E-state index contributed by atoms with van der Waals surface area (Å²) in [6, 6.07) is 5.57. The van der Waals surface area contributed by atoms with Crippen LogP contribution in [0.15, 0.2) is 18.2 Å². The number of fused-ring (bicyclic) bond motifs is 1. The predicted molar refractivity (Wildman–Crippen MR) is 85.7 cm³/mol. The second-order valence-corrected chi connectivity index (χ2v) is 6.01. The highest BCUT2D eigenvalue weighted by Crippen LogP contribution is 2.27. The Morgan fingerprint density at radius 2 is 2.25 bits per heavy atom. The monoisotopic (exact) mass is 311 g/mol. The van der Waals surface area contributed by atoms with Crippen LogP contribution in [0.2, 0.25) is 5.02 Å². The van der Waals surface area contributed by atoms with Crippen LogP contribution in [0.3, 0.4) is 0 Å². The van der Waals surface area contributed by atoms with E-state index in [0.29, 0.717) is 5.02 Å². The van der Waals surface area contributed by atoms with Crippen LogP contribution in [0, 0.1) is 0 Å². The summed E-state index contributed by atoms with van der Waals surface area (Å²) in [5.74, 6) is -0.00149. The van der Waals surface area contributed by atoms with E-state index in [1.54, 1.807) is 0 Å². The van der Waals surface area contributed by atoms with Crippen LogP contribution in [0.5, 0.6) is 0 Å². The fourth-order valence-corrected chi connectivity index (χ4v) is 2.93.